The van der Waals surface area contributed by atoms with Crippen LogP contribution >= 0.6 is 11.6 Å². The van der Waals surface area contributed by atoms with E-state index in [-0.39, 0.29) is 16.5 Å². The van der Waals surface area contributed by atoms with Crippen LogP contribution < -0.4 is 9.47 Å². The number of benzene rings is 1. The molecule has 0 spiro atoms. The molecule has 16 heavy (non-hydrogen) atoms. The van der Waals surface area contributed by atoms with Crippen LogP contribution in [-0.2, 0) is 10.7 Å². The van der Waals surface area contributed by atoms with Crippen molar-refractivity contribution in [2.75, 3.05) is 14.2 Å². The van der Waals surface area contributed by atoms with Crippen molar-refractivity contribution in [2.24, 2.45) is 0 Å². The molecular weight excluding hydrogens is 242 g/mol. The van der Waals surface area contributed by atoms with Gasteiger partial charge in [0, 0.05) is 6.07 Å². The van der Waals surface area contributed by atoms with Crippen molar-refractivity contribution in [1.29, 1.82) is 0 Å². The van der Waals surface area contributed by atoms with E-state index in [4.69, 9.17) is 21.1 Å². The van der Waals surface area contributed by atoms with E-state index < -0.39 is 17.8 Å². The molecule has 0 bridgehead atoms. The molecule has 0 saturated carbocycles. The molecule has 0 aliphatic heterocycles. The minimum absolute atomic E-state index is 0.0865. The second kappa shape index (κ2) is 4.65. The molecule has 0 amide bonds. The van der Waals surface area contributed by atoms with Gasteiger partial charge >= 0.3 is 5.92 Å². The SMILES string of the molecule is COc1cc(Cl)c(C(F)(F)C=O)cc1OC. The number of methoxy groups -OCH3 is 2. The number of ether oxygens (including phenoxy) is 2. The Kier molecular flexibility index (Phi) is 3.70. The molecule has 0 aliphatic carbocycles. The normalized spacial score (nSPS) is 11.1. The zero-order valence-corrected chi connectivity index (χ0v) is 9.35. The molecule has 0 radical (unpaired) electrons. The highest BCUT2D eigenvalue weighted by Crippen LogP contribution is 2.39. The summed E-state index contributed by atoms with van der Waals surface area (Å²) in [6.45, 7) is 0. The van der Waals surface area contributed by atoms with Gasteiger partial charge in [0.1, 0.15) is 0 Å². The Morgan fingerprint density at radius 2 is 1.75 bits per heavy atom. The maximum atomic E-state index is 13.1. The Hall–Kier alpha value is -1.36. The highest BCUT2D eigenvalue weighted by molar-refractivity contribution is 6.31. The van der Waals surface area contributed by atoms with Gasteiger partial charge in [0.05, 0.1) is 24.8 Å². The van der Waals surface area contributed by atoms with Crippen LogP contribution in [0.25, 0.3) is 0 Å². The molecule has 0 N–H and O–H groups in total. The lowest BCUT2D eigenvalue weighted by atomic mass is 10.1. The van der Waals surface area contributed by atoms with Crippen LogP contribution in [-0.4, -0.2) is 20.5 Å². The Balaban J connectivity index is 3.37. The van der Waals surface area contributed by atoms with Gasteiger partial charge in [0.15, 0.2) is 17.8 Å². The minimum atomic E-state index is -3.64. The molecule has 0 saturated heterocycles. The van der Waals surface area contributed by atoms with E-state index in [9.17, 15) is 13.6 Å². The zero-order valence-electron chi connectivity index (χ0n) is 8.59. The third kappa shape index (κ3) is 2.24. The molecule has 0 atom stereocenters. The summed E-state index contributed by atoms with van der Waals surface area (Å²) < 4.78 is 36.0. The van der Waals surface area contributed by atoms with E-state index in [2.05, 4.69) is 0 Å². The summed E-state index contributed by atoms with van der Waals surface area (Å²) in [4.78, 5) is 10.3. The molecule has 6 heteroatoms. The van der Waals surface area contributed by atoms with Gasteiger partial charge in [0.2, 0.25) is 0 Å². The Morgan fingerprint density at radius 3 is 2.19 bits per heavy atom. The smallest absolute Gasteiger partial charge is 0.329 e. The first-order valence-electron chi connectivity index (χ1n) is 4.22. The molecule has 88 valence electrons. The summed E-state index contributed by atoms with van der Waals surface area (Å²) in [7, 11) is 2.65. The van der Waals surface area contributed by atoms with E-state index in [0.717, 1.165) is 6.07 Å². The molecule has 3 nitrogen and oxygen atoms in total. The number of aldehydes is 1. The first-order valence-corrected chi connectivity index (χ1v) is 4.60. The summed E-state index contributed by atoms with van der Waals surface area (Å²) in [5, 5.41) is -0.255. The molecule has 1 aromatic rings. The summed E-state index contributed by atoms with van der Waals surface area (Å²) >= 11 is 5.63. The molecule has 1 rings (SSSR count). The van der Waals surface area contributed by atoms with Gasteiger partial charge in [-0.3, -0.25) is 4.79 Å². The van der Waals surface area contributed by atoms with Crippen LogP contribution in [0.1, 0.15) is 5.56 Å². The fourth-order valence-electron chi connectivity index (χ4n) is 1.17. The van der Waals surface area contributed by atoms with Gasteiger partial charge in [-0.1, -0.05) is 11.6 Å². The van der Waals surface area contributed by atoms with Crippen LogP contribution in [0.15, 0.2) is 12.1 Å². The lowest BCUT2D eigenvalue weighted by Crippen LogP contribution is -2.15. The summed E-state index contributed by atoms with van der Waals surface area (Å²) in [6, 6.07) is 2.16. The highest BCUT2D eigenvalue weighted by atomic mass is 35.5. The molecule has 0 fully saturated rings. The number of hydrogen-bond acceptors (Lipinski definition) is 3. The van der Waals surface area contributed by atoms with Crippen molar-refractivity contribution in [3.63, 3.8) is 0 Å². The van der Waals surface area contributed by atoms with Crippen LogP contribution in [0.2, 0.25) is 5.02 Å². The lowest BCUT2D eigenvalue weighted by molar-refractivity contribution is -0.130. The third-order valence-electron chi connectivity index (χ3n) is 1.98. The van der Waals surface area contributed by atoms with Crippen LogP contribution in [0.5, 0.6) is 11.5 Å². The molecule has 1 aromatic carbocycles. The lowest BCUT2D eigenvalue weighted by Gasteiger charge is -2.15. The van der Waals surface area contributed by atoms with Gasteiger partial charge in [-0.25, -0.2) is 0 Å². The number of rotatable bonds is 4. The first kappa shape index (κ1) is 12.7. The maximum Gasteiger partial charge on any atom is 0.329 e. The van der Waals surface area contributed by atoms with E-state index >= 15 is 0 Å². The second-order valence-electron chi connectivity index (χ2n) is 2.93. The average molecular weight is 251 g/mol. The molecule has 0 unspecified atom stereocenters. The van der Waals surface area contributed by atoms with Crippen molar-refractivity contribution >= 4 is 17.9 Å². The van der Waals surface area contributed by atoms with Crippen molar-refractivity contribution in [2.45, 2.75) is 5.92 Å². The Bertz CT molecular complexity index is 407. The monoisotopic (exact) mass is 250 g/mol. The van der Waals surface area contributed by atoms with Gasteiger partial charge in [-0.2, -0.15) is 8.78 Å². The van der Waals surface area contributed by atoms with Crippen molar-refractivity contribution in [3.05, 3.63) is 22.7 Å². The van der Waals surface area contributed by atoms with E-state index in [0.29, 0.717) is 0 Å². The predicted molar refractivity (Wildman–Crippen MR) is 54.5 cm³/mol. The fraction of sp³-hybridized carbons (Fsp3) is 0.300. The Labute approximate surface area is 95.9 Å². The molecule has 0 aromatic heterocycles. The minimum Gasteiger partial charge on any atom is -0.493 e. The van der Waals surface area contributed by atoms with Crippen LogP contribution in [0, 0.1) is 0 Å². The molecule has 0 heterocycles. The summed E-state index contributed by atoms with van der Waals surface area (Å²) in [5.41, 5.74) is -0.609. The number of carbonyl (C=O) groups is 1. The van der Waals surface area contributed by atoms with Crippen molar-refractivity contribution in [1.82, 2.24) is 0 Å². The summed E-state index contributed by atoms with van der Waals surface area (Å²) in [6.07, 6.45) is -0.472. The second-order valence-corrected chi connectivity index (χ2v) is 3.34. The van der Waals surface area contributed by atoms with E-state index in [1.54, 1.807) is 0 Å². The first-order chi connectivity index (χ1) is 7.46. The highest BCUT2D eigenvalue weighted by Gasteiger charge is 2.34. The summed E-state index contributed by atoms with van der Waals surface area (Å²) in [5.74, 6) is -3.34. The molecular formula is C10H9ClF2O3. The number of alkyl halides is 2. The molecule has 0 aliphatic rings. The third-order valence-corrected chi connectivity index (χ3v) is 2.29. The fourth-order valence-corrected chi connectivity index (χ4v) is 1.45. The van der Waals surface area contributed by atoms with E-state index in [1.807, 2.05) is 0 Å². The van der Waals surface area contributed by atoms with Gasteiger partial charge in [0.25, 0.3) is 0 Å². The van der Waals surface area contributed by atoms with Crippen molar-refractivity contribution < 1.29 is 23.0 Å². The Morgan fingerprint density at radius 1 is 1.25 bits per heavy atom. The van der Waals surface area contributed by atoms with Crippen molar-refractivity contribution in [3.8, 4) is 11.5 Å². The van der Waals surface area contributed by atoms with Gasteiger partial charge in [-0.05, 0) is 6.07 Å². The van der Waals surface area contributed by atoms with E-state index in [1.165, 1.54) is 20.3 Å². The number of halogens is 3. The zero-order chi connectivity index (χ0) is 12.3. The maximum absolute atomic E-state index is 13.1. The quantitative estimate of drug-likeness (QED) is 0.771. The van der Waals surface area contributed by atoms with Crippen LogP contribution in [0.3, 0.4) is 0 Å². The van der Waals surface area contributed by atoms with Gasteiger partial charge < -0.3 is 9.47 Å². The average Bonchev–Trinajstić information content (AvgIpc) is 2.28. The number of hydrogen-bond donors (Lipinski definition) is 0. The standard InChI is InChI=1S/C10H9ClF2O3/c1-15-8-3-6(10(12,13)5-14)7(11)4-9(8)16-2/h3-5H,1-2H3. The van der Waals surface area contributed by atoms with Crippen LogP contribution in [0.4, 0.5) is 8.78 Å². The predicted octanol–water partition coefficient (Wildman–Crippen LogP) is 2.65. The topological polar surface area (TPSA) is 35.5 Å². The number of carbonyl (C=O) groups excluding carboxylic acids is 1. The van der Waals surface area contributed by atoms with Gasteiger partial charge in [-0.15, -0.1) is 0 Å². The largest absolute Gasteiger partial charge is 0.493 e.